The number of nitrogens with one attached hydrogen (secondary N) is 2. The molecule has 0 radical (unpaired) electrons. The van der Waals surface area contributed by atoms with E-state index in [4.69, 9.17) is 5.11 Å². The maximum atomic E-state index is 11.7. The van der Waals surface area contributed by atoms with Crippen LogP contribution in [0.25, 0.3) is 0 Å². The molecule has 20 heavy (non-hydrogen) atoms. The summed E-state index contributed by atoms with van der Waals surface area (Å²) in [5.74, 6) is -1.66. The van der Waals surface area contributed by atoms with E-state index in [1.54, 1.807) is 12.1 Å². The monoisotopic (exact) mass is 408 g/mol. The van der Waals surface area contributed by atoms with Crippen molar-refractivity contribution in [2.45, 2.75) is 13.0 Å². The van der Waals surface area contributed by atoms with Gasteiger partial charge in [-0.3, -0.25) is 9.59 Å². The standard InChI is InChI=1S/C12H13IN2O4S/c1-7(16)14-10(11(17)18)6-20-12(19)15-9-4-2-8(13)3-5-9/h2-5,10H,6H2,1H3,(H,14,16)(H,15,19)(H,17,18)/t10-/m0/s1. The molecule has 2 amide bonds. The number of carbonyl (C=O) groups excluding carboxylic acids is 2. The van der Waals surface area contributed by atoms with Crippen LogP contribution in [0.4, 0.5) is 10.5 Å². The van der Waals surface area contributed by atoms with E-state index < -0.39 is 17.9 Å². The molecular weight excluding hydrogens is 395 g/mol. The lowest BCUT2D eigenvalue weighted by Gasteiger charge is -2.12. The van der Waals surface area contributed by atoms with E-state index in [2.05, 4.69) is 33.2 Å². The predicted molar refractivity (Wildman–Crippen MR) is 85.9 cm³/mol. The third-order valence-corrected chi connectivity index (χ3v) is 3.73. The molecule has 1 aromatic rings. The highest BCUT2D eigenvalue weighted by Gasteiger charge is 2.20. The van der Waals surface area contributed by atoms with Crippen LogP contribution in [0.1, 0.15) is 6.92 Å². The summed E-state index contributed by atoms with van der Waals surface area (Å²) in [4.78, 5) is 33.4. The minimum atomic E-state index is -1.17. The van der Waals surface area contributed by atoms with Crippen LogP contribution in [0.15, 0.2) is 24.3 Å². The highest BCUT2D eigenvalue weighted by molar-refractivity contribution is 14.1. The highest BCUT2D eigenvalue weighted by Crippen LogP contribution is 2.14. The largest absolute Gasteiger partial charge is 0.480 e. The summed E-state index contributed by atoms with van der Waals surface area (Å²) in [6.45, 7) is 1.23. The summed E-state index contributed by atoms with van der Waals surface area (Å²) in [5.41, 5.74) is 0.634. The number of hydrogen-bond acceptors (Lipinski definition) is 4. The Hall–Kier alpha value is -1.29. The number of anilines is 1. The third-order valence-electron chi connectivity index (χ3n) is 2.15. The van der Waals surface area contributed by atoms with Gasteiger partial charge in [-0.15, -0.1) is 0 Å². The molecule has 0 aromatic heterocycles. The van der Waals surface area contributed by atoms with Gasteiger partial charge in [0.1, 0.15) is 6.04 Å². The fourth-order valence-electron chi connectivity index (χ4n) is 1.27. The first kappa shape index (κ1) is 16.8. The summed E-state index contributed by atoms with van der Waals surface area (Å²) in [5, 5.41) is 13.4. The van der Waals surface area contributed by atoms with Crippen LogP contribution in [0.5, 0.6) is 0 Å². The molecule has 6 nitrogen and oxygen atoms in total. The number of thioether (sulfide) groups is 1. The van der Waals surface area contributed by atoms with E-state index >= 15 is 0 Å². The minimum Gasteiger partial charge on any atom is -0.480 e. The number of amides is 2. The summed E-state index contributed by atoms with van der Waals surface area (Å²) >= 11 is 2.96. The topological polar surface area (TPSA) is 95.5 Å². The number of carbonyl (C=O) groups is 3. The minimum absolute atomic E-state index is 0.0366. The van der Waals surface area contributed by atoms with Gasteiger partial charge in [-0.25, -0.2) is 4.79 Å². The molecule has 0 heterocycles. The zero-order chi connectivity index (χ0) is 15.1. The van der Waals surface area contributed by atoms with E-state index in [-0.39, 0.29) is 11.0 Å². The van der Waals surface area contributed by atoms with Crippen LogP contribution in [0.3, 0.4) is 0 Å². The van der Waals surface area contributed by atoms with Crippen molar-refractivity contribution in [2.75, 3.05) is 11.1 Å². The van der Waals surface area contributed by atoms with Gasteiger partial charge < -0.3 is 15.7 Å². The molecule has 0 saturated heterocycles. The molecule has 0 unspecified atom stereocenters. The van der Waals surface area contributed by atoms with E-state index in [9.17, 15) is 14.4 Å². The fourth-order valence-corrected chi connectivity index (χ4v) is 2.36. The molecule has 0 fully saturated rings. The smallest absolute Gasteiger partial charge is 0.327 e. The van der Waals surface area contributed by atoms with Gasteiger partial charge in [-0.05, 0) is 46.9 Å². The van der Waals surface area contributed by atoms with Crippen molar-refractivity contribution < 1.29 is 19.5 Å². The molecule has 108 valence electrons. The third kappa shape index (κ3) is 6.24. The van der Waals surface area contributed by atoms with Gasteiger partial charge in [0.15, 0.2) is 0 Å². The lowest BCUT2D eigenvalue weighted by molar-refractivity contribution is -0.140. The van der Waals surface area contributed by atoms with E-state index in [1.165, 1.54) is 6.92 Å². The summed E-state index contributed by atoms with van der Waals surface area (Å²) in [6.07, 6.45) is 0. The molecule has 8 heteroatoms. The first-order chi connectivity index (χ1) is 9.38. The predicted octanol–water partition coefficient (Wildman–Crippen LogP) is 2.15. The van der Waals surface area contributed by atoms with Crippen LogP contribution in [0, 0.1) is 3.57 Å². The maximum absolute atomic E-state index is 11.7. The number of aliphatic carboxylic acids is 1. The van der Waals surface area contributed by atoms with Crippen molar-refractivity contribution in [1.82, 2.24) is 5.32 Å². The second-order valence-electron chi connectivity index (χ2n) is 3.82. The molecule has 0 saturated carbocycles. The quantitative estimate of drug-likeness (QED) is 0.649. The highest BCUT2D eigenvalue weighted by atomic mass is 127. The molecule has 3 N–H and O–H groups in total. The Balaban J connectivity index is 2.47. The number of carboxylic acids is 1. The van der Waals surface area contributed by atoms with Crippen molar-refractivity contribution in [3.63, 3.8) is 0 Å². The van der Waals surface area contributed by atoms with E-state index in [0.29, 0.717) is 5.69 Å². The van der Waals surface area contributed by atoms with Crippen LogP contribution in [-0.4, -0.2) is 34.0 Å². The van der Waals surface area contributed by atoms with Gasteiger partial charge in [0, 0.05) is 21.9 Å². The van der Waals surface area contributed by atoms with E-state index in [0.717, 1.165) is 15.3 Å². The zero-order valence-electron chi connectivity index (χ0n) is 10.6. The Bertz CT molecular complexity index is 507. The summed E-state index contributed by atoms with van der Waals surface area (Å²) < 4.78 is 1.05. The number of halogens is 1. The van der Waals surface area contributed by atoms with Crippen molar-refractivity contribution in [2.24, 2.45) is 0 Å². The lowest BCUT2D eigenvalue weighted by atomic mass is 10.3. The number of hydrogen-bond donors (Lipinski definition) is 3. The van der Waals surface area contributed by atoms with Gasteiger partial charge >= 0.3 is 5.97 Å². The average Bonchev–Trinajstić information content (AvgIpc) is 2.36. The Morgan fingerprint density at radius 1 is 1.30 bits per heavy atom. The van der Waals surface area contributed by atoms with Gasteiger partial charge in [-0.1, -0.05) is 11.8 Å². The van der Waals surface area contributed by atoms with E-state index in [1.807, 2.05) is 12.1 Å². The zero-order valence-corrected chi connectivity index (χ0v) is 13.5. The number of benzene rings is 1. The molecule has 0 aliphatic rings. The van der Waals surface area contributed by atoms with Gasteiger partial charge in [-0.2, -0.15) is 0 Å². The molecule has 0 aliphatic heterocycles. The number of rotatable bonds is 5. The van der Waals surface area contributed by atoms with Gasteiger partial charge in [0.25, 0.3) is 5.24 Å². The van der Waals surface area contributed by atoms with Crippen LogP contribution < -0.4 is 10.6 Å². The van der Waals surface area contributed by atoms with Gasteiger partial charge in [0.05, 0.1) is 0 Å². The normalized spacial score (nSPS) is 11.5. The van der Waals surface area contributed by atoms with Crippen molar-refractivity contribution in [3.8, 4) is 0 Å². The Labute approximate surface area is 133 Å². The molecule has 0 spiro atoms. The summed E-state index contributed by atoms with van der Waals surface area (Å²) in [7, 11) is 0. The average molecular weight is 408 g/mol. The van der Waals surface area contributed by atoms with Crippen molar-refractivity contribution >= 4 is 57.2 Å². The molecule has 1 rings (SSSR count). The van der Waals surface area contributed by atoms with Crippen LogP contribution >= 0.6 is 34.4 Å². The van der Waals surface area contributed by atoms with Crippen LogP contribution in [-0.2, 0) is 9.59 Å². The Morgan fingerprint density at radius 3 is 2.40 bits per heavy atom. The molecule has 1 aromatic carbocycles. The first-order valence-electron chi connectivity index (χ1n) is 5.57. The molecule has 1 atom stereocenters. The van der Waals surface area contributed by atoms with Crippen LogP contribution in [0.2, 0.25) is 0 Å². The lowest BCUT2D eigenvalue weighted by Crippen LogP contribution is -2.41. The SMILES string of the molecule is CC(=O)N[C@@H](CSC(=O)Nc1ccc(I)cc1)C(=O)O. The van der Waals surface area contributed by atoms with Gasteiger partial charge in [0.2, 0.25) is 5.91 Å². The first-order valence-corrected chi connectivity index (χ1v) is 7.64. The molecule has 0 aliphatic carbocycles. The van der Waals surface area contributed by atoms with Crippen molar-refractivity contribution in [1.29, 1.82) is 0 Å². The Morgan fingerprint density at radius 2 is 1.90 bits per heavy atom. The second kappa shape index (κ2) is 8.10. The second-order valence-corrected chi connectivity index (χ2v) is 6.06. The number of carboxylic acid groups (broad SMARTS) is 1. The maximum Gasteiger partial charge on any atom is 0.327 e. The molecular formula is C12H13IN2O4S. The fraction of sp³-hybridized carbons (Fsp3) is 0.250. The summed E-state index contributed by atoms with van der Waals surface area (Å²) in [6, 6.07) is 6.11. The molecule has 0 bridgehead atoms. The van der Waals surface area contributed by atoms with Crippen molar-refractivity contribution in [3.05, 3.63) is 27.8 Å². The Kier molecular flexibility index (Phi) is 6.79.